The van der Waals surface area contributed by atoms with Gasteiger partial charge < -0.3 is 4.90 Å². The third-order valence-electron chi connectivity index (χ3n) is 3.64. The molecule has 0 N–H and O–H groups in total. The third-order valence-corrected chi connectivity index (χ3v) is 3.64. The van der Waals surface area contributed by atoms with Crippen molar-refractivity contribution in [2.75, 3.05) is 4.90 Å². The summed E-state index contributed by atoms with van der Waals surface area (Å²) < 4.78 is 14.0. The first-order valence-electron chi connectivity index (χ1n) is 6.20. The summed E-state index contributed by atoms with van der Waals surface area (Å²) in [6, 6.07) is 5.52. The molecular weight excluding hydrogens is 217 g/mol. The van der Waals surface area contributed by atoms with Crippen molar-refractivity contribution in [3.05, 3.63) is 29.6 Å². The Kier molecular flexibility index (Phi) is 3.46. The molecule has 1 heterocycles. The van der Waals surface area contributed by atoms with Crippen molar-refractivity contribution < 1.29 is 9.18 Å². The van der Waals surface area contributed by atoms with Crippen LogP contribution in [0.15, 0.2) is 18.2 Å². The number of carbonyl (C=O) groups excluding carboxylic acids is 1. The molecule has 3 heteroatoms. The van der Waals surface area contributed by atoms with E-state index in [9.17, 15) is 9.18 Å². The summed E-state index contributed by atoms with van der Waals surface area (Å²) >= 11 is 0. The van der Waals surface area contributed by atoms with E-state index in [1.807, 2.05) is 0 Å². The van der Waals surface area contributed by atoms with E-state index in [0.29, 0.717) is 29.6 Å². The van der Waals surface area contributed by atoms with Crippen molar-refractivity contribution in [3.8, 4) is 0 Å². The minimum absolute atomic E-state index is 0.290. The van der Waals surface area contributed by atoms with Gasteiger partial charge in [-0.3, -0.25) is 4.79 Å². The van der Waals surface area contributed by atoms with Crippen molar-refractivity contribution in [1.29, 1.82) is 0 Å². The van der Waals surface area contributed by atoms with Gasteiger partial charge in [-0.15, -0.1) is 0 Å². The average Bonchev–Trinajstić information content (AvgIpc) is 2.70. The van der Waals surface area contributed by atoms with Crippen LogP contribution in [0, 0.1) is 5.82 Å². The standard InChI is InChI=1S/C14H18FNO/c1-3-12-6-4-10(2)16(12)14-7-5-11(9-17)8-13(14)15/h5,7-10,12H,3-4,6H2,1-2H3. The Bertz CT molecular complexity index is 419. The molecule has 0 bridgehead atoms. The molecule has 0 amide bonds. The first-order valence-corrected chi connectivity index (χ1v) is 6.20. The molecule has 0 aromatic heterocycles. The van der Waals surface area contributed by atoms with Crippen LogP contribution in [0.1, 0.15) is 43.5 Å². The maximum absolute atomic E-state index is 14.0. The van der Waals surface area contributed by atoms with E-state index in [0.717, 1.165) is 19.3 Å². The van der Waals surface area contributed by atoms with E-state index >= 15 is 0 Å². The maximum atomic E-state index is 14.0. The fraction of sp³-hybridized carbons (Fsp3) is 0.500. The van der Waals surface area contributed by atoms with Crippen LogP contribution in [0.2, 0.25) is 0 Å². The van der Waals surface area contributed by atoms with Crippen molar-refractivity contribution >= 4 is 12.0 Å². The largest absolute Gasteiger partial charge is 0.363 e. The second-order valence-electron chi connectivity index (χ2n) is 4.72. The fourth-order valence-corrected chi connectivity index (χ4v) is 2.71. The van der Waals surface area contributed by atoms with Crippen molar-refractivity contribution in [3.63, 3.8) is 0 Å². The van der Waals surface area contributed by atoms with Gasteiger partial charge in [-0.25, -0.2) is 4.39 Å². The van der Waals surface area contributed by atoms with Gasteiger partial charge in [0, 0.05) is 17.6 Å². The molecule has 1 fully saturated rings. The van der Waals surface area contributed by atoms with Gasteiger partial charge in [0.15, 0.2) is 0 Å². The zero-order valence-corrected chi connectivity index (χ0v) is 10.3. The monoisotopic (exact) mass is 235 g/mol. The number of aldehydes is 1. The minimum Gasteiger partial charge on any atom is -0.363 e. The highest BCUT2D eigenvalue weighted by molar-refractivity contribution is 5.76. The average molecular weight is 235 g/mol. The summed E-state index contributed by atoms with van der Waals surface area (Å²) in [7, 11) is 0. The number of anilines is 1. The Morgan fingerprint density at radius 2 is 2.24 bits per heavy atom. The van der Waals surface area contributed by atoms with E-state index in [2.05, 4.69) is 18.7 Å². The first-order chi connectivity index (χ1) is 8.17. The zero-order valence-electron chi connectivity index (χ0n) is 10.3. The van der Waals surface area contributed by atoms with Crippen LogP contribution in [0.25, 0.3) is 0 Å². The molecule has 1 aliphatic rings. The lowest BCUT2D eigenvalue weighted by molar-refractivity contribution is 0.112. The zero-order chi connectivity index (χ0) is 12.4. The molecule has 17 heavy (non-hydrogen) atoms. The van der Waals surface area contributed by atoms with Gasteiger partial charge >= 0.3 is 0 Å². The second kappa shape index (κ2) is 4.86. The van der Waals surface area contributed by atoms with Crippen LogP contribution in [-0.2, 0) is 0 Å². The molecule has 0 radical (unpaired) electrons. The van der Waals surface area contributed by atoms with E-state index in [4.69, 9.17) is 0 Å². The molecule has 1 aromatic carbocycles. The number of nitrogens with zero attached hydrogens (tertiary/aromatic N) is 1. The van der Waals surface area contributed by atoms with E-state index in [1.54, 1.807) is 12.1 Å². The van der Waals surface area contributed by atoms with Gasteiger partial charge in [0.1, 0.15) is 12.1 Å². The minimum atomic E-state index is -0.290. The summed E-state index contributed by atoms with van der Waals surface area (Å²) in [5.41, 5.74) is 1.03. The molecule has 1 aromatic rings. The highest BCUT2D eigenvalue weighted by Gasteiger charge is 2.30. The predicted octanol–water partition coefficient (Wildman–Crippen LogP) is 3.41. The Hall–Kier alpha value is -1.38. The molecule has 2 nitrogen and oxygen atoms in total. The quantitative estimate of drug-likeness (QED) is 0.748. The number of carbonyl (C=O) groups is 1. The third kappa shape index (κ3) is 2.19. The summed E-state index contributed by atoms with van der Waals surface area (Å²) in [5.74, 6) is -0.290. The van der Waals surface area contributed by atoms with E-state index < -0.39 is 0 Å². The lowest BCUT2D eigenvalue weighted by atomic mass is 10.1. The SMILES string of the molecule is CCC1CCC(C)N1c1ccc(C=O)cc1F. The molecular formula is C14H18FNO. The highest BCUT2D eigenvalue weighted by atomic mass is 19.1. The summed E-state index contributed by atoms with van der Waals surface area (Å²) in [6.07, 6.45) is 3.93. The maximum Gasteiger partial charge on any atom is 0.150 e. The summed E-state index contributed by atoms with van der Waals surface area (Å²) in [5, 5.41) is 0. The fourth-order valence-electron chi connectivity index (χ4n) is 2.71. The van der Waals surface area contributed by atoms with Crippen LogP contribution in [0.3, 0.4) is 0 Å². The Balaban J connectivity index is 2.35. The van der Waals surface area contributed by atoms with E-state index in [-0.39, 0.29) is 5.82 Å². The normalized spacial score (nSPS) is 24.1. The molecule has 2 atom stereocenters. The molecule has 2 rings (SSSR count). The van der Waals surface area contributed by atoms with E-state index in [1.165, 1.54) is 6.07 Å². The van der Waals surface area contributed by atoms with Crippen LogP contribution in [-0.4, -0.2) is 18.4 Å². The van der Waals surface area contributed by atoms with Gasteiger partial charge in [0.05, 0.1) is 5.69 Å². The Labute approximate surface area is 101 Å². The molecule has 0 saturated carbocycles. The lowest BCUT2D eigenvalue weighted by Crippen LogP contribution is -2.34. The van der Waals surface area contributed by atoms with Crippen molar-refractivity contribution in [1.82, 2.24) is 0 Å². The Morgan fingerprint density at radius 1 is 1.47 bits per heavy atom. The van der Waals surface area contributed by atoms with Crippen molar-refractivity contribution in [2.24, 2.45) is 0 Å². The predicted molar refractivity (Wildman–Crippen MR) is 67.0 cm³/mol. The van der Waals surface area contributed by atoms with Crippen molar-refractivity contribution in [2.45, 2.75) is 45.2 Å². The highest BCUT2D eigenvalue weighted by Crippen LogP contribution is 2.33. The van der Waals surface area contributed by atoms with Crippen LogP contribution >= 0.6 is 0 Å². The summed E-state index contributed by atoms with van der Waals surface area (Å²) in [4.78, 5) is 12.8. The molecule has 0 aliphatic carbocycles. The molecule has 1 aliphatic heterocycles. The van der Waals surface area contributed by atoms with Crippen LogP contribution < -0.4 is 4.90 Å². The lowest BCUT2D eigenvalue weighted by Gasteiger charge is -2.30. The molecule has 92 valence electrons. The van der Waals surface area contributed by atoms with Gasteiger partial charge in [0.25, 0.3) is 0 Å². The van der Waals surface area contributed by atoms with Gasteiger partial charge in [-0.1, -0.05) is 6.92 Å². The summed E-state index contributed by atoms with van der Waals surface area (Å²) in [6.45, 7) is 4.26. The molecule has 2 unspecified atom stereocenters. The number of halogens is 1. The number of hydrogen-bond donors (Lipinski definition) is 0. The smallest absolute Gasteiger partial charge is 0.150 e. The molecule has 1 saturated heterocycles. The van der Waals surface area contributed by atoms with Gasteiger partial charge in [-0.2, -0.15) is 0 Å². The Morgan fingerprint density at radius 3 is 2.82 bits per heavy atom. The number of rotatable bonds is 3. The van der Waals surface area contributed by atoms with Crippen LogP contribution in [0.5, 0.6) is 0 Å². The van der Waals surface area contributed by atoms with Crippen LogP contribution in [0.4, 0.5) is 10.1 Å². The number of hydrogen-bond acceptors (Lipinski definition) is 2. The second-order valence-corrected chi connectivity index (χ2v) is 4.72. The van der Waals surface area contributed by atoms with Gasteiger partial charge in [0.2, 0.25) is 0 Å². The topological polar surface area (TPSA) is 20.3 Å². The first kappa shape index (κ1) is 12.1. The molecule has 0 spiro atoms. The number of benzene rings is 1. The van der Waals surface area contributed by atoms with Gasteiger partial charge in [-0.05, 0) is 44.4 Å².